The van der Waals surface area contributed by atoms with E-state index in [1.807, 2.05) is 6.07 Å². The van der Waals surface area contributed by atoms with E-state index >= 15 is 0 Å². The lowest BCUT2D eigenvalue weighted by molar-refractivity contribution is -0.154. The highest BCUT2D eigenvalue weighted by atomic mass is 16.6. The van der Waals surface area contributed by atoms with Crippen LogP contribution < -0.4 is 9.47 Å². The molecule has 4 rings (SSSR count). The van der Waals surface area contributed by atoms with E-state index < -0.39 is 6.10 Å². The number of aliphatic hydroxyl groups excluding tert-OH is 1. The van der Waals surface area contributed by atoms with E-state index in [9.17, 15) is 9.90 Å². The molecule has 3 heterocycles. The van der Waals surface area contributed by atoms with Gasteiger partial charge >= 0.3 is 0 Å². The second-order valence-corrected chi connectivity index (χ2v) is 7.58. The van der Waals surface area contributed by atoms with Crippen LogP contribution in [0.4, 0.5) is 0 Å². The first-order valence-corrected chi connectivity index (χ1v) is 9.10. The summed E-state index contributed by atoms with van der Waals surface area (Å²) in [4.78, 5) is 16.7. The Morgan fingerprint density at radius 1 is 1.20 bits per heavy atom. The van der Waals surface area contributed by atoms with Crippen LogP contribution in [0.15, 0.2) is 18.2 Å². The minimum Gasteiger partial charge on any atom is -0.486 e. The molecule has 136 valence electrons. The molecular formula is C19H26N2O4. The van der Waals surface area contributed by atoms with Crippen molar-refractivity contribution in [1.29, 1.82) is 0 Å². The Hall–Kier alpha value is -1.79. The van der Waals surface area contributed by atoms with Crippen molar-refractivity contribution in [1.82, 2.24) is 9.80 Å². The monoisotopic (exact) mass is 346 g/mol. The van der Waals surface area contributed by atoms with E-state index in [4.69, 9.17) is 9.47 Å². The van der Waals surface area contributed by atoms with E-state index in [1.54, 1.807) is 11.9 Å². The second-order valence-electron chi connectivity index (χ2n) is 7.58. The summed E-state index contributed by atoms with van der Waals surface area (Å²) >= 11 is 0. The maximum Gasteiger partial charge on any atom is 0.228 e. The quantitative estimate of drug-likeness (QED) is 0.874. The zero-order valence-electron chi connectivity index (χ0n) is 14.7. The van der Waals surface area contributed by atoms with Crippen molar-refractivity contribution in [3.8, 4) is 11.5 Å². The molecule has 2 saturated heterocycles. The summed E-state index contributed by atoms with van der Waals surface area (Å²) in [5.74, 6) is 1.85. The van der Waals surface area contributed by atoms with Crippen molar-refractivity contribution < 1.29 is 19.4 Å². The molecule has 1 aromatic rings. The largest absolute Gasteiger partial charge is 0.486 e. The molecule has 3 aliphatic rings. The van der Waals surface area contributed by atoms with Crippen LogP contribution in [0.2, 0.25) is 0 Å². The van der Waals surface area contributed by atoms with E-state index in [-0.39, 0.29) is 11.3 Å². The highest BCUT2D eigenvalue weighted by Gasteiger charge is 2.47. The minimum absolute atomic E-state index is 0.205. The number of carbonyl (C=O) groups excluding carboxylic acids is 1. The van der Waals surface area contributed by atoms with E-state index in [1.165, 1.54) is 5.56 Å². The molecule has 0 saturated carbocycles. The lowest BCUT2D eigenvalue weighted by Crippen LogP contribution is -2.56. The number of likely N-dealkylation sites (tertiary alicyclic amines) is 2. The highest BCUT2D eigenvalue weighted by molar-refractivity contribution is 5.83. The van der Waals surface area contributed by atoms with Crippen molar-refractivity contribution in [2.24, 2.45) is 5.41 Å². The number of ether oxygens (including phenoxy) is 2. The Labute approximate surface area is 148 Å². The predicted octanol–water partition coefficient (Wildman–Crippen LogP) is 1.26. The van der Waals surface area contributed by atoms with Crippen LogP contribution in [0, 0.1) is 5.41 Å². The summed E-state index contributed by atoms with van der Waals surface area (Å²) in [5, 5.41) is 10.1. The Morgan fingerprint density at radius 2 is 1.92 bits per heavy atom. The summed E-state index contributed by atoms with van der Waals surface area (Å²) < 4.78 is 11.2. The first-order chi connectivity index (χ1) is 12.1. The van der Waals surface area contributed by atoms with Gasteiger partial charge in [0.15, 0.2) is 11.5 Å². The molecule has 6 nitrogen and oxygen atoms in total. The number of piperidine rings is 2. The molecule has 1 spiro atoms. The molecule has 1 atom stereocenters. The number of carbonyl (C=O) groups is 1. The number of amides is 1. The topological polar surface area (TPSA) is 62.2 Å². The number of likely N-dealkylation sites (N-methyl/N-ethyl adjacent to an activating group) is 1. The molecule has 1 N–H and O–H groups in total. The van der Waals surface area contributed by atoms with E-state index in [0.29, 0.717) is 26.2 Å². The first-order valence-electron chi connectivity index (χ1n) is 9.10. The average Bonchev–Trinajstić information content (AvgIpc) is 2.61. The molecule has 25 heavy (non-hydrogen) atoms. The highest BCUT2D eigenvalue weighted by Crippen LogP contribution is 2.41. The van der Waals surface area contributed by atoms with Gasteiger partial charge in [0, 0.05) is 20.1 Å². The number of nitrogens with zero attached hydrogens (tertiary/aromatic N) is 2. The number of rotatable bonds is 2. The van der Waals surface area contributed by atoms with Gasteiger partial charge in [-0.05, 0) is 50.0 Å². The maximum absolute atomic E-state index is 12.6. The Balaban J connectivity index is 1.40. The fourth-order valence-electron chi connectivity index (χ4n) is 4.41. The predicted molar refractivity (Wildman–Crippen MR) is 92.6 cm³/mol. The van der Waals surface area contributed by atoms with Crippen molar-refractivity contribution in [3.63, 3.8) is 0 Å². The average molecular weight is 346 g/mol. The van der Waals surface area contributed by atoms with Crippen molar-refractivity contribution >= 4 is 5.91 Å². The lowest BCUT2D eigenvalue weighted by Gasteiger charge is -2.47. The normalized spacial score (nSPS) is 26.1. The molecule has 0 aromatic heterocycles. The zero-order valence-corrected chi connectivity index (χ0v) is 14.7. The third-order valence-electron chi connectivity index (χ3n) is 5.74. The molecular weight excluding hydrogens is 320 g/mol. The third-order valence-corrected chi connectivity index (χ3v) is 5.74. The van der Waals surface area contributed by atoms with Crippen molar-refractivity contribution in [3.05, 3.63) is 23.8 Å². The van der Waals surface area contributed by atoms with Gasteiger partial charge in [-0.3, -0.25) is 9.69 Å². The maximum atomic E-state index is 12.6. The van der Waals surface area contributed by atoms with Gasteiger partial charge < -0.3 is 19.5 Å². The van der Waals surface area contributed by atoms with Crippen molar-refractivity contribution in [2.45, 2.75) is 31.9 Å². The van der Waals surface area contributed by atoms with Crippen molar-refractivity contribution in [2.75, 3.05) is 39.9 Å². The number of aliphatic hydroxyl groups is 1. The fraction of sp³-hybridized carbons (Fsp3) is 0.632. The minimum atomic E-state index is -0.396. The number of hydrogen-bond donors (Lipinski definition) is 1. The second kappa shape index (κ2) is 6.50. The number of fused-ring (bicyclic) bond motifs is 1. The van der Waals surface area contributed by atoms with Crippen LogP contribution >= 0.6 is 0 Å². The van der Waals surface area contributed by atoms with Gasteiger partial charge in [-0.15, -0.1) is 0 Å². The molecule has 1 amide bonds. The SMILES string of the molecule is CN1CC(O)CC2(CCN(Cc3ccc4c(c3)OCCO4)CC2)C1=O. The molecule has 6 heteroatoms. The van der Waals surface area contributed by atoms with Crippen LogP contribution in [0.5, 0.6) is 11.5 Å². The van der Waals surface area contributed by atoms with Gasteiger partial charge in [0.05, 0.1) is 11.5 Å². The van der Waals surface area contributed by atoms with Gasteiger partial charge in [0.2, 0.25) is 5.91 Å². The summed E-state index contributed by atoms with van der Waals surface area (Å²) in [6.07, 6.45) is 1.84. The molecule has 0 aliphatic carbocycles. The number of benzene rings is 1. The first kappa shape index (κ1) is 16.7. The molecule has 3 aliphatic heterocycles. The Kier molecular flexibility index (Phi) is 4.33. The van der Waals surface area contributed by atoms with Crippen LogP contribution in [0.25, 0.3) is 0 Å². The van der Waals surface area contributed by atoms with Crippen LogP contribution in [0.1, 0.15) is 24.8 Å². The van der Waals surface area contributed by atoms with Crippen LogP contribution in [-0.4, -0.2) is 66.8 Å². The number of β-amino-alcohol motifs (C(OH)–C–C–N with tert-alkyl or cyclic N) is 1. The number of hydrogen-bond acceptors (Lipinski definition) is 5. The van der Waals surface area contributed by atoms with Crippen LogP contribution in [-0.2, 0) is 11.3 Å². The smallest absolute Gasteiger partial charge is 0.228 e. The van der Waals surface area contributed by atoms with E-state index in [0.717, 1.165) is 44.0 Å². The third kappa shape index (κ3) is 3.20. The molecule has 2 fully saturated rings. The zero-order chi connectivity index (χ0) is 17.4. The molecule has 1 unspecified atom stereocenters. The van der Waals surface area contributed by atoms with Gasteiger partial charge in [-0.25, -0.2) is 0 Å². The van der Waals surface area contributed by atoms with Crippen LogP contribution in [0.3, 0.4) is 0 Å². The van der Waals surface area contributed by atoms with Gasteiger partial charge in [-0.2, -0.15) is 0 Å². The summed E-state index contributed by atoms with van der Waals surface area (Å²) in [6, 6.07) is 6.12. The van der Waals surface area contributed by atoms with E-state index in [2.05, 4.69) is 17.0 Å². The summed E-state index contributed by atoms with van der Waals surface area (Å²) in [6.45, 7) is 4.26. The standard InChI is InChI=1S/C19H26N2O4/c1-20-13-15(22)11-19(18(20)23)4-6-21(7-5-19)12-14-2-3-16-17(10-14)25-9-8-24-16/h2-3,10,15,22H,4-9,11-13H2,1H3. The summed E-state index contributed by atoms with van der Waals surface area (Å²) in [7, 11) is 1.80. The Bertz CT molecular complexity index is 655. The molecule has 0 radical (unpaired) electrons. The lowest BCUT2D eigenvalue weighted by atomic mass is 9.71. The molecule has 0 bridgehead atoms. The molecule has 1 aromatic carbocycles. The Morgan fingerprint density at radius 3 is 2.68 bits per heavy atom. The fourth-order valence-corrected chi connectivity index (χ4v) is 4.41. The van der Waals surface area contributed by atoms with Gasteiger partial charge in [-0.1, -0.05) is 6.07 Å². The summed E-state index contributed by atoms with van der Waals surface area (Å²) in [5.41, 5.74) is 0.836. The van der Waals surface area contributed by atoms with Gasteiger partial charge in [0.25, 0.3) is 0 Å². The van der Waals surface area contributed by atoms with Gasteiger partial charge in [0.1, 0.15) is 13.2 Å².